The molecule has 0 bridgehead atoms. The summed E-state index contributed by atoms with van der Waals surface area (Å²) in [5.74, 6) is 0.652. The maximum atomic E-state index is 11.9. The molecule has 0 radical (unpaired) electrons. The lowest BCUT2D eigenvalue weighted by atomic mass is 9.96. The zero-order chi connectivity index (χ0) is 12.8. The van der Waals surface area contributed by atoms with Gasteiger partial charge in [-0.05, 0) is 44.8 Å². The smallest absolute Gasteiger partial charge is 0.220 e. The van der Waals surface area contributed by atoms with Crippen molar-refractivity contribution in [3.63, 3.8) is 0 Å². The molecule has 2 rings (SSSR count). The Morgan fingerprint density at radius 1 is 1.67 bits per heavy atom. The second kappa shape index (κ2) is 6.54. The van der Waals surface area contributed by atoms with Crippen molar-refractivity contribution < 1.29 is 4.79 Å². The Kier molecular flexibility index (Phi) is 4.75. The minimum absolute atomic E-state index is 0.119. The third kappa shape index (κ3) is 4.14. The molecule has 0 saturated carbocycles. The normalized spacial score (nSPS) is 21.5. The van der Waals surface area contributed by atoms with Crippen LogP contribution in [0.5, 0.6) is 0 Å². The van der Waals surface area contributed by atoms with Crippen LogP contribution in [-0.4, -0.2) is 34.8 Å². The van der Waals surface area contributed by atoms with Crippen LogP contribution in [0, 0.1) is 5.92 Å². The van der Waals surface area contributed by atoms with Crippen molar-refractivity contribution in [2.45, 2.75) is 38.8 Å². The van der Waals surface area contributed by atoms with Crippen LogP contribution in [0.2, 0.25) is 0 Å². The van der Waals surface area contributed by atoms with E-state index < -0.39 is 0 Å². The molecule has 2 N–H and O–H groups in total. The van der Waals surface area contributed by atoms with Crippen LogP contribution in [0.25, 0.3) is 0 Å². The van der Waals surface area contributed by atoms with Crippen LogP contribution >= 0.6 is 0 Å². The molecule has 2 unspecified atom stereocenters. The summed E-state index contributed by atoms with van der Waals surface area (Å²) in [4.78, 5) is 11.9. The number of carbonyl (C=O) groups excluding carboxylic acids is 1. The van der Waals surface area contributed by atoms with Gasteiger partial charge in [0.1, 0.15) is 0 Å². The summed E-state index contributed by atoms with van der Waals surface area (Å²) in [5.41, 5.74) is 0. The largest absolute Gasteiger partial charge is 0.352 e. The molecule has 1 amide bonds. The second-order valence-corrected chi connectivity index (χ2v) is 5.11. The maximum Gasteiger partial charge on any atom is 0.220 e. The molecule has 100 valence electrons. The summed E-state index contributed by atoms with van der Waals surface area (Å²) in [5, 5.41) is 10.5. The van der Waals surface area contributed by atoms with Crippen LogP contribution < -0.4 is 10.6 Å². The van der Waals surface area contributed by atoms with Gasteiger partial charge >= 0.3 is 0 Å². The first kappa shape index (κ1) is 13.1. The van der Waals surface area contributed by atoms with E-state index >= 15 is 0 Å². The van der Waals surface area contributed by atoms with Gasteiger partial charge in [-0.15, -0.1) is 0 Å². The highest BCUT2D eigenvalue weighted by Crippen LogP contribution is 2.13. The van der Waals surface area contributed by atoms with E-state index in [1.54, 1.807) is 6.20 Å². The van der Waals surface area contributed by atoms with Gasteiger partial charge in [-0.1, -0.05) is 0 Å². The number of rotatable bonds is 5. The highest BCUT2D eigenvalue weighted by atomic mass is 16.1. The summed E-state index contributed by atoms with van der Waals surface area (Å²) < 4.78 is 1.84. The summed E-state index contributed by atoms with van der Waals surface area (Å²) in [6.45, 7) is 4.80. The van der Waals surface area contributed by atoms with Gasteiger partial charge in [0.05, 0.1) is 6.54 Å². The lowest BCUT2D eigenvalue weighted by Crippen LogP contribution is -2.39. The Morgan fingerprint density at radius 3 is 3.22 bits per heavy atom. The lowest BCUT2D eigenvalue weighted by molar-refractivity contribution is -0.122. The van der Waals surface area contributed by atoms with Gasteiger partial charge in [-0.2, -0.15) is 5.10 Å². The topological polar surface area (TPSA) is 59.0 Å². The van der Waals surface area contributed by atoms with Crippen molar-refractivity contribution >= 4 is 5.91 Å². The first-order chi connectivity index (χ1) is 8.74. The Balaban J connectivity index is 1.69. The fourth-order valence-electron chi connectivity index (χ4n) is 2.43. The van der Waals surface area contributed by atoms with Crippen molar-refractivity contribution in [1.29, 1.82) is 0 Å². The molecular weight excluding hydrogens is 228 g/mol. The van der Waals surface area contributed by atoms with Gasteiger partial charge in [0.2, 0.25) is 5.91 Å². The molecule has 1 aromatic heterocycles. The van der Waals surface area contributed by atoms with E-state index in [1.807, 2.05) is 23.9 Å². The Bertz CT molecular complexity index is 357. The molecule has 1 saturated heterocycles. The number of carbonyl (C=O) groups is 1. The molecule has 0 spiro atoms. The van der Waals surface area contributed by atoms with Crippen LogP contribution in [0.4, 0.5) is 0 Å². The number of piperidine rings is 1. The van der Waals surface area contributed by atoms with Gasteiger partial charge in [0.25, 0.3) is 0 Å². The summed E-state index contributed by atoms with van der Waals surface area (Å²) in [6.07, 6.45) is 6.64. The summed E-state index contributed by atoms with van der Waals surface area (Å²) in [7, 11) is 0. The van der Waals surface area contributed by atoms with Crippen molar-refractivity contribution in [1.82, 2.24) is 20.4 Å². The molecule has 18 heavy (non-hydrogen) atoms. The zero-order valence-corrected chi connectivity index (χ0v) is 10.9. The number of hydrogen-bond donors (Lipinski definition) is 2. The van der Waals surface area contributed by atoms with Crippen LogP contribution in [-0.2, 0) is 11.3 Å². The minimum Gasteiger partial charge on any atom is -0.352 e. The van der Waals surface area contributed by atoms with Crippen molar-refractivity contribution in [3.8, 4) is 0 Å². The molecule has 0 aromatic carbocycles. The lowest BCUT2D eigenvalue weighted by Gasteiger charge is -2.23. The Morgan fingerprint density at radius 2 is 2.56 bits per heavy atom. The molecule has 0 aliphatic carbocycles. The van der Waals surface area contributed by atoms with E-state index in [2.05, 4.69) is 15.7 Å². The third-order valence-corrected chi connectivity index (χ3v) is 3.30. The predicted octanol–water partition coefficient (Wildman–Crippen LogP) is 0.777. The van der Waals surface area contributed by atoms with Crippen molar-refractivity contribution in [2.75, 3.05) is 13.1 Å². The van der Waals surface area contributed by atoms with E-state index in [4.69, 9.17) is 0 Å². The number of hydrogen-bond acceptors (Lipinski definition) is 3. The maximum absolute atomic E-state index is 11.9. The quantitative estimate of drug-likeness (QED) is 0.812. The van der Waals surface area contributed by atoms with Crippen LogP contribution in [0.3, 0.4) is 0 Å². The van der Waals surface area contributed by atoms with Gasteiger partial charge in [-0.25, -0.2) is 0 Å². The number of nitrogens with one attached hydrogen (secondary N) is 2. The number of aromatic nitrogens is 2. The molecule has 2 atom stereocenters. The second-order valence-electron chi connectivity index (χ2n) is 5.11. The zero-order valence-electron chi connectivity index (χ0n) is 10.9. The molecule has 5 heteroatoms. The summed E-state index contributed by atoms with van der Waals surface area (Å²) >= 11 is 0. The molecule has 5 nitrogen and oxygen atoms in total. The van der Waals surface area contributed by atoms with Gasteiger partial charge in [0.15, 0.2) is 0 Å². The average molecular weight is 250 g/mol. The first-order valence-electron chi connectivity index (χ1n) is 6.71. The highest BCUT2D eigenvalue weighted by Gasteiger charge is 2.17. The van der Waals surface area contributed by atoms with Crippen molar-refractivity contribution in [3.05, 3.63) is 18.5 Å². The fourth-order valence-corrected chi connectivity index (χ4v) is 2.43. The van der Waals surface area contributed by atoms with E-state index in [1.165, 1.54) is 6.42 Å². The Hall–Kier alpha value is -1.36. The monoisotopic (exact) mass is 250 g/mol. The molecule has 1 fully saturated rings. The van der Waals surface area contributed by atoms with Gasteiger partial charge in [0, 0.05) is 24.9 Å². The minimum atomic E-state index is 0.119. The van der Waals surface area contributed by atoms with Crippen LogP contribution in [0.15, 0.2) is 18.5 Å². The standard InChI is InChI=1S/C13H22N4O/c1-11(10-17-7-3-6-15-17)16-13(18)8-12-4-2-5-14-9-12/h3,6-7,11-12,14H,2,4-5,8-10H2,1H3,(H,16,18). The molecule has 1 aromatic rings. The number of nitrogens with zero attached hydrogens (tertiary/aromatic N) is 2. The van der Waals surface area contributed by atoms with E-state index in [9.17, 15) is 4.79 Å². The average Bonchev–Trinajstić information content (AvgIpc) is 2.82. The van der Waals surface area contributed by atoms with E-state index in [0.29, 0.717) is 12.3 Å². The highest BCUT2D eigenvalue weighted by molar-refractivity contribution is 5.76. The van der Waals surface area contributed by atoms with E-state index in [0.717, 1.165) is 26.1 Å². The molecule has 2 heterocycles. The number of amides is 1. The first-order valence-corrected chi connectivity index (χ1v) is 6.71. The van der Waals surface area contributed by atoms with E-state index in [-0.39, 0.29) is 11.9 Å². The fraction of sp³-hybridized carbons (Fsp3) is 0.692. The predicted molar refractivity (Wildman–Crippen MR) is 70.0 cm³/mol. The molecule has 1 aliphatic rings. The third-order valence-electron chi connectivity index (χ3n) is 3.30. The van der Waals surface area contributed by atoms with Gasteiger partial charge < -0.3 is 10.6 Å². The molecule has 1 aliphatic heterocycles. The van der Waals surface area contributed by atoms with Crippen molar-refractivity contribution in [2.24, 2.45) is 5.92 Å². The van der Waals surface area contributed by atoms with Gasteiger partial charge in [-0.3, -0.25) is 9.48 Å². The summed E-state index contributed by atoms with van der Waals surface area (Å²) in [6, 6.07) is 2.01. The Labute approximate surface area is 108 Å². The SMILES string of the molecule is CC(Cn1cccn1)NC(=O)CC1CCCNC1. The van der Waals surface area contributed by atoms with Crippen LogP contribution in [0.1, 0.15) is 26.2 Å². The molecular formula is C13H22N4O.